The summed E-state index contributed by atoms with van der Waals surface area (Å²) in [4.78, 5) is 52.2. The smallest absolute Gasteiger partial charge is 0.357 e. The zero-order valence-electron chi connectivity index (χ0n) is 13.1. The third-order valence-electron chi connectivity index (χ3n) is 3.42. The molecule has 1 aromatic carbocycles. The molecule has 0 saturated carbocycles. The molecule has 0 bridgehead atoms. The van der Waals surface area contributed by atoms with Crippen molar-refractivity contribution in [3.05, 3.63) is 46.5 Å². The number of carbonyl (C=O) groups is 4. The molecule has 1 aliphatic rings. The largest absolute Gasteiger partial charge is 0.459 e. The minimum atomic E-state index is -0.690. The number of esters is 1. The quantitative estimate of drug-likeness (QED) is 0.641. The molecule has 1 N–H and O–H groups in total. The van der Waals surface area contributed by atoms with E-state index in [0.29, 0.717) is 16.3 Å². The number of imide groups is 1. The van der Waals surface area contributed by atoms with Crippen molar-refractivity contribution in [1.82, 2.24) is 9.88 Å². The first-order valence-corrected chi connectivity index (χ1v) is 8.21. The second-order valence-corrected chi connectivity index (χ2v) is 6.02. The molecule has 3 rings (SSSR count). The van der Waals surface area contributed by atoms with Crippen molar-refractivity contribution in [3.8, 4) is 0 Å². The Hall–Kier alpha value is -3.07. The fraction of sp³-hybridized carbons (Fsp3) is 0.188. The molecule has 1 aliphatic heterocycles. The van der Waals surface area contributed by atoms with E-state index in [1.54, 1.807) is 24.3 Å². The van der Waals surface area contributed by atoms with Crippen LogP contribution in [-0.4, -0.2) is 46.7 Å². The van der Waals surface area contributed by atoms with Crippen LogP contribution in [0.25, 0.3) is 0 Å². The van der Waals surface area contributed by atoms with Crippen LogP contribution in [0.3, 0.4) is 0 Å². The van der Waals surface area contributed by atoms with Crippen molar-refractivity contribution >= 4 is 40.2 Å². The van der Waals surface area contributed by atoms with E-state index >= 15 is 0 Å². The van der Waals surface area contributed by atoms with Gasteiger partial charge in [0, 0.05) is 12.3 Å². The van der Waals surface area contributed by atoms with Gasteiger partial charge in [0.2, 0.25) is 5.91 Å². The second kappa shape index (κ2) is 6.81. The monoisotopic (exact) mass is 359 g/mol. The Morgan fingerprint density at radius 2 is 1.84 bits per heavy atom. The number of fused-ring (bicyclic) bond motifs is 1. The summed E-state index contributed by atoms with van der Waals surface area (Å²) in [6, 6.07) is 6.53. The number of aromatic nitrogens is 1. The predicted octanol–water partition coefficient (Wildman–Crippen LogP) is 1.55. The lowest BCUT2D eigenvalue weighted by Gasteiger charge is -2.13. The molecule has 2 heterocycles. The Kier molecular flexibility index (Phi) is 4.57. The molecular weight excluding hydrogens is 346 g/mol. The van der Waals surface area contributed by atoms with Crippen molar-refractivity contribution in [1.29, 1.82) is 0 Å². The average molecular weight is 359 g/mol. The number of ether oxygens (including phenoxy) is 1. The molecule has 8 nitrogen and oxygen atoms in total. The van der Waals surface area contributed by atoms with Crippen molar-refractivity contribution in [2.24, 2.45) is 0 Å². The molecular formula is C16H13N3O5S. The molecule has 0 aliphatic carbocycles. The standard InChI is InChI=1S/C16H13N3O5S/c1-9(20)17-16-18-12(8-25-16)15(23)24-7-6-19-13(21)10-4-2-3-5-11(10)14(19)22/h2-5,8H,6-7H2,1H3,(H,17,18,20). The Labute approximate surface area is 146 Å². The summed E-state index contributed by atoms with van der Waals surface area (Å²) in [5, 5.41) is 4.21. The van der Waals surface area contributed by atoms with E-state index in [9.17, 15) is 19.2 Å². The molecule has 0 fully saturated rings. The Bertz CT molecular complexity index is 841. The van der Waals surface area contributed by atoms with Gasteiger partial charge in [-0.05, 0) is 12.1 Å². The van der Waals surface area contributed by atoms with Crippen molar-refractivity contribution < 1.29 is 23.9 Å². The number of amides is 3. The lowest BCUT2D eigenvalue weighted by molar-refractivity contribution is -0.114. The zero-order valence-corrected chi connectivity index (χ0v) is 14.0. The van der Waals surface area contributed by atoms with Gasteiger partial charge in [0.1, 0.15) is 6.61 Å². The van der Waals surface area contributed by atoms with Gasteiger partial charge in [0.25, 0.3) is 11.8 Å². The highest BCUT2D eigenvalue weighted by Gasteiger charge is 2.34. The minimum Gasteiger partial charge on any atom is -0.459 e. The molecule has 0 unspecified atom stereocenters. The number of hydrogen-bond donors (Lipinski definition) is 1. The third-order valence-corrected chi connectivity index (χ3v) is 4.18. The molecule has 0 saturated heterocycles. The number of carbonyl (C=O) groups excluding carboxylic acids is 4. The summed E-state index contributed by atoms with van der Waals surface area (Å²) >= 11 is 1.09. The van der Waals surface area contributed by atoms with Crippen molar-refractivity contribution in [2.45, 2.75) is 6.92 Å². The van der Waals surface area contributed by atoms with Gasteiger partial charge in [-0.2, -0.15) is 0 Å². The van der Waals surface area contributed by atoms with Gasteiger partial charge in [0.05, 0.1) is 17.7 Å². The lowest BCUT2D eigenvalue weighted by atomic mass is 10.1. The van der Waals surface area contributed by atoms with Crippen molar-refractivity contribution in [3.63, 3.8) is 0 Å². The van der Waals surface area contributed by atoms with Gasteiger partial charge in [-0.25, -0.2) is 9.78 Å². The van der Waals surface area contributed by atoms with Crippen LogP contribution in [0.5, 0.6) is 0 Å². The van der Waals surface area contributed by atoms with Gasteiger partial charge < -0.3 is 10.1 Å². The van der Waals surface area contributed by atoms with Gasteiger partial charge in [-0.15, -0.1) is 11.3 Å². The van der Waals surface area contributed by atoms with E-state index in [-0.39, 0.29) is 24.8 Å². The van der Waals surface area contributed by atoms with Crippen LogP contribution in [0.15, 0.2) is 29.6 Å². The van der Waals surface area contributed by atoms with Gasteiger partial charge in [-0.1, -0.05) is 12.1 Å². The molecule has 9 heteroatoms. The summed E-state index contributed by atoms with van der Waals surface area (Å²) in [6.07, 6.45) is 0. The highest BCUT2D eigenvalue weighted by molar-refractivity contribution is 7.14. The summed E-state index contributed by atoms with van der Waals surface area (Å²) in [7, 11) is 0. The highest BCUT2D eigenvalue weighted by Crippen LogP contribution is 2.22. The first kappa shape index (κ1) is 16.8. The Morgan fingerprint density at radius 3 is 2.44 bits per heavy atom. The van der Waals surface area contributed by atoms with Crippen LogP contribution >= 0.6 is 11.3 Å². The number of anilines is 1. The topological polar surface area (TPSA) is 106 Å². The molecule has 128 valence electrons. The molecule has 3 amide bonds. The van der Waals surface area contributed by atoms with Crippen LogP contribution < -0.4 is 5.32 Å². The number of nitrogens with zero attached hydrogens (tertiary/aromatic N) is 2. The minimum absolute atomic E-state index is 0.0409. The highest BCUT2D eigenvalue weighted by atomic mass is 32.1. The fourth-order valence-corrected chi connectivity index (χ4v) is 3.05. The SMILES string of the molecule is CC(=O)Nc1nc(C(=O)OCCN2C(=O)c3ccccc3C2=O)cs1. The maximum atomic E-state index is 12.2. The lowest BCUT2D eigenvalue weighted by Crippen LogP contribution is -2.33. The molecule has 1 aromatic heterocycles. The summed E-state index contributed by atoms with van der Waals surface area (Å²) in [5.74, 6) is -1.79. The van der Waals surface area contributed by atoms with E-state index in [4.69, 9.17) is 4.74 Å². The van der Waals surface area contributed by atoms with Gasteiger partial charge >= 0.3 is 5.97 Å². The average Bonchev–Trinajstić information content (AvgIpc) is 3.13. The van der Waals surface area contributed by atoms with E-state index in [1.165, 1.54) is 12.3 Å². The Morgan fingerprint density at radius 1 is 1.20 bits per heavy atom. The Balaban J connectivity index is 1.56. The molecule has 0 radical (unpaired) electrons. The maximum absolute atomic E-state index is 12.2. The predicted molar refractivity (Wildman–Crippen MR) is 88.5 cm³/mol. The van der Waals surface area contributed by atoms with E-state index in [0.717, 1.165) is 16.2 Å². The van der Waals surface area contributed by atoms with Crippen LogP contribution in [0, 0.1) is 0 Å². The fourth-order valence-electron chi connectivity index (χ4n) is 2.32. The van der Waals surface area contributed by atoms with Crippen LogP contribution in [0.4, 0.5) is 5.13 Å². The number of hydrogen-bond acceptors (Lipinski definition) is 7. The summed E-state index contributed by atoms with van der Waals surface area (Å²) in [6.45, 7) is 1.15. The number of benzene rings is 1. The van der Waals surface area contributed by atoms with E-state index < -0.39 is 17.8 Å². The van der Waals surface area contributed by atoms with Crippen molar-refractivity contribution in [2.75, 3.05) is 18.5 Å². The number of rotatable bonds is 5. The van der Waals surface area contributed by atoms with E-state index in [2.05, 4.69) is 10.3 Å². The van der Waals surface area contributed by atoms with Crippen LogP contribution in [0.2, 0.25) is 0 Å². The van der Waals surface area contributed by atoms with E-state index in [1.807, 2.05) is 0 Å². The number of nitrogens with one attached hydrogen (secondary N) is 1. The molecule has 0 atom stereocenters. The van der Waals surface area contributed by atoms with Gasteiger partial charge in [-0.3, -0.25) is 19.3 Å². The molecule has 25 heavy (non-hydrogen) atoms. The second-order valence-electron chi connectivity index (χ2n) is 5.16. The summed E-state index contributed by atoms with van der Waals surface area (Å²) < 4.78 is 5.05. The van der Waals surface area contributed by atoms with Crippen LogP contribution in [-0.2, 0) is 9.53 Å². The first-order chi connectivity index (χ1) is 12.0. The van der Waals surface area contributed by atoms with Gasteiger partial charge in [0.15, 0.2) is 10.8 Å². The normalized spacial score (nSPS) is 12.9. The first-order valence-electron chi connectivity index (χ1n) is 7.33. The molecule has 2 aromatic rings. The third kappa shape index (κ3) is 3.41. The summed E-state index contributed by atoms with van der Waals surface area (Å²) in [5.41, 5.74) is 0.743. The molecule has 0 spiro atoms. The maximum Gasteiger partial charge on any atom is 0.357 e. The van der Waals surface area contributed by atoms with Crippen LogP contribution in [0.1, 0.15) is 38.1 Å². The zero-order chi connectivity index (χ0) is 18.0. The number of thiazole rings is 1.